The van der Waals surface area contributed by atoms with E-state index < -0.39 is 11.7 Å². The number of ketones is 1. The summed E-state index contributed by atoms with van der Waals surface area (Å²) in [7, 11) is 0. The smallest absolute Gasteiger partial charge is 0.274 e. The molecule has 0 saturated carbocycles. The molecule has 36 heavy (non-hydrogen) atoms. The van der Waals surface area contributed by atoms with Gasteiger partial charge >= 0.3 is 0 Å². The zero-order valence-corrected chi connectivity index (χ0v) is 19.3. The topological polar surface area (TPSA) is 132 Å². The first-order valence-corrected chi connectivity index (χ1v) is 11.5. The summed E-state index contributed by atoms with van der Waals surface area (Å²) in [6.07, 6.45) is 5.96. The predicted octanol–water partition coefficient (Wildman–Crippen LogP) is 2.43. The molecule has 5 rings (SSSR count). The van der Waals surface area contributed by atoms with E-state index in [4.69, 9.17) is 5.26 Å². The van der Waals surface area contributed by atoms with Crippen LogP contribution in [0.15, 0.2) is 65.9 Å². The van der Waals surface area contributed by atoms with Crippen LogP contribution in [-0.2, 0) is 0 Å². The van der Waals surface area contributed by atoms with E-state index in [0.29, 0.717) is 23.6 Å². The highest BCUT2D eigenvalue weighted by Gasteiger charge is 2.22. The number of Topliss-reactive ketones (excluding diaryl/α,β-unsaturated/α-hetero) is 1. The number of carbonyl (C=O) groups excluding carboxylic acids is 2. The lowest BCUT2D eigenvalue weighted by Gasteiger charge is -2.31. The van der Waals surface area contributed by atoms with Gasteiger partial charge in [0.15, 0.2) is 11.5 Å². The zero-order valence-electron chi connectivity index (χ0n) is 19.3. The molecule has 1 fully saturated rings. The molecule has 2 aliphatic heterocycles. The Morgan fingerprint density at radius 2 is 2.00 bits per heavy atom. The standard InChI is InChI=1S/C25H23N9O2/c26-11-10-23(35)24-22(17-33(31-24)18-6-2-1-3-7-18)30-25(36)20-9-4-8-19(29-20)21-16-32(15-13-27-21)34-14-5-12-28-34/h1-4,6-9,13,16-17,28H,5,10,12,14-15H2,(H,30,36). The van der Waals surface area contributed by atoms with Crippen LogP contribution < -0.4 is 10.7 Å². The molecule has 2 aliphatic rings. The van der Waals surface area contributed by atoms with Gasteiger partial charge in [-0.2, -0.15) is 15.5 Å². The molecule has 0 radical (unpaired) electrons. The molecular formula is C25H23N9O2. The van der Waals surface area contributed by atoms with Crippen LogP contribution in [0.3, 0.4) is 0 Å². The van der Waals surface area contributed by atoms with Gasteiger partial charge < -0.3 is 5.32 Å². The molecule has 1 amide bonds. The third-order valence-corrected chi connectivity index (χ3v) is 5.65. The van der Waals surface area contributed by atoms with Gasteiger partial charge in [0.25, 0.3) is 5.91 Å². The van der Waals surface area contributed by atoms with Gasteiger partial charge in [-0.05, 0) is 30.7 Å². The number of hydrogen-bond donors (Lipinski definition) is 2. The van der Waals surface area contributed by atoms with Gasteiger partial charge in [-0.15, -0.1) is 0 Å². The second kappa shape index (κ2) is 10.3. The summed E-state index contributed by atoms with van der Waals surface area (Å²) in [5.74, 6) is -0.990. The van der Waals surface area contributed by atoms with Gasteiger partial charge in [-0.3, -0.25) is 19.6 Å². The molecule has 0 bridgehead atoms. The van der Waals surface area contributed by atoms with Crippen molar-refractivity contribution in [2.75, 3.05) is 25.0 Å². The summed E-state index contributed by atoms with van der Waals surface area (Å²) in [5.41, 5.74) is 5.57. The van der Waals surface area contributed by atoms with Gasteiger partial charge in [-0.1, -0.05) is 24.3 Å². The average molecular weight is 482 g/mol. The first kappa shape index (κ1) is 23.1. The van der Waals surface area contributed by atoms with Crippen molar-refractivity contribution in [3.05, 3.63) is 78.0 Å². The van der Waals surface area contributed by atoms with Crippen LogP contribution in [0, 0.1) is 11.3 Å². The Kier molecular flexibility index (Phi) is 6.61. The zero-order chi connectivity index (χ0) is 24.9. The Balaban J connectivity index is 1.40. The number of aromatic nitrogens is 3. The van der Waals surface area contributed by atoms with Gasteiger partial charge in [-0.25, -0.2) is 15.1 Å². The highest BCUT2D eigenvalue weighted by molar-refractivity contribution is 6.08. The summed E-state index contributed by atoms with van der Waals surface area (Å²) in [4.78, 5) is 34.6. The van der Waals surface area contributed by atoms with E-state index in [9.17, 15) is 9.59 Å². The van der Waals surface area contributed by atoms with Crippen LogP contribution in [0.2, 0.25) is 0 Å². The van der Waals surface area contributed by atoms with Crippen molar-refractivity contribution in [2.24, 2.45) is 4.99 Å². The third kappa shape index (κ3) is 4.90. The molecule has 0 atom stereocenters. The first-order chi connectivity index (χ1) is 17.6. The molecule has 11 nitrogen and oxygen atoms in total. The van der Waals surface area contributed by atoms with E-state index in [2.05, 4.69) is 25.8 Å². The lowest BCUT2D eigenvalue weighted by atomic mass is 10.2. The number of para-hydroxylation sites is 1. The van der Waals surface area contributed by atoms with Crippen molar-refractivity contribution in [1.82, 2.24) is 30.3 Å². The number of amides is 1. The molecule has 2 aromatic heterocycles. The Hall–Kier alpha value is -4.66. The number of anilines is 1. The Labute approximate surface area is 207 Å². The molecule has 180 valence electrons. The molecular weight excluding hydrogens is 458 g/mol. The number of nitrogens with one attached hydrogen (secondary N) is 2. The maximum Gasteiger partial charge on any atom is 0.274 e. The minimum Gasteiger partial charge on any atom is -0.317 e. The normalized spacial score (nSPS) is 15.4. The van der Waals surface area contributed by atoms with Crippen molar-refractivity contribution in [1.29, 1.82) is 5.26 Å². The second-order valence-electron chi connectivity index (χ2n) is 8.12. The van der Waals surface area contributed by atoms with E-state index in [0.717, 1.165) is 19.5 Å². The molecule has 2 N–H and O–H groups in total. The Morgan fingerprint density at radius 3 is 2.78 bits per heavy atom. The Morgan fingerprint density at radius 1 is 1.14 bits per heavy atom. The fourth-order valence-corrected chi connectivity index (χ4v) is 3.92. The van der Waals surface area contributed by atoms with E-state index in [1.807, 2.05) is 52.7 Å². The summed E-state index contributed by atoms with van der Waals surface area (Å²) in [6, 6.07) is 16.1. The lowest BCUT2D eigenvalue weighted by Crippen LogP contribution is -2.45. The minimum absolute atomic E-state index is 0.0123. The number of rotatable bonds is 7. The maximum absolute atomic E-state index is 13.1. The largest absolute Gasteiger partial charge is 0.317 e. The van der Waals surface area contributed by atoms with Crippen LogP contribution in [0.1, 0.15) is 39.5 Å². The number of nitrogens with zero attached hydrogens (tertiary/aromatic N) is 7. The number of benzene rings is 1. The van der Waals surface area contributed by atoms with E-state index in [1.165, 1.54) is 4.68 Å². The second-order valence-corrected chi connectivity index (χ2v) is 8.12. The monoisotopic (exact) mass is 481 g/mol. The summed E-state index contributed by atoms with van der Waals surface area (Å²) < 4.78 is 1.49. The van der Waals surface area contributed by atoms with Crippen molar-refractivity contribution in [3.8, 4) is 11.8 Å². The fourth-order valence-electron chi connectivity index (χ4n) is 3.92. The summed E-state index contributed by atoms with van der Waals surface area (Å²) in [5, 5.41) is 20.1. The molecule has 11 heteroatoms. The van der Waals surface area contributed by atoms with Gasteiger partial charge in [0, 0.05) is 25.5 Å². The number of carbonyl (C=O) groups is 2. The Bertz CT molecular complexity index is 1380. The van der Waals surface area contributed by atoms with Crippen LogP contribution in [-0.4, -0.2) is 62.4 Å². The number of nitriles is 1. The molecule has 4 heterocycles. The molecule has 0 aliphatic carbocycles. The van der Waals surface area contributed by atoms with Crippen LogP contribution in [0.25, 0.3) is 11.4 Å². The summed E-state index contributed by atoms with van der Waals surface area (Å²) in [6.45, 7) is 2.46. The van der Waals surface area contributed by atoms with Crippen molar-refractivity contribution >= 4 is 29.3 Å². The molecule has 1 aromatic carbocycles. The van der Waals surface area contributed by atoms with E-state index >= 15 is 0 Å². The number of pyridine rings is 1. The van der Waals surface area contributed by atoms with Crippen molar-refractivity contribution in [2.45, 2.75) is 12.8 Å². The predicted molar refractivity (Wildman–Crippen MR) is 133 cm³/mol. The lowest BCUT2D eigenvalue weighted by molar-refractivity contribution is 0.0155. The van der Waals surface area contributed by atoms with E-state index in [1.54, 1.807) is 30.6 Å². The van der Waals surface area contributed by atoms with E-state index in [-0.39, 0.29) is 23.5 Å². The fraction of sp³-hybridized carbons (Fsp3) is 0.200. The van der Waals surface area contributed by atoms with Crippen LogP contribution >= 0.6 is 0 Å². The maximum atomic E-state index is 13.1. The SMILES string of the molecule is N#CCC(=O)c1nn(-c2ccccc2)cc1NC(=O)c1cccc(C2=CN(N3CCCN3)CC=N2)n1. The molecule has 0 unspecified atom stereocenters. The quantitative estimate of drug-likeness (QED) is 0.492. The van der Waals surface area contributed by atoms with Crippen LogP contribution in [0.4, 0.5) is 5.69 Å². The highest BCUT2D eigenvalue weighted by Crippen LogP contribution is 2.22. The van der Waals surface area contributed by atoms with Gasteiger partial charge in [0.1, 0.15) is 17.8 Å². The molecule has 1 saturated heterocycles. The van der Waals surface area contributed by atoms with Crippen LogP contribution in [0.5, 0.6) is 0 Å². The minimum atomic E-state index is -0.506. The third-order valence-electron chi connectivity index (χ3n) is 5.65. The average Bonchev–Trinajstić information content (AvgIpc) is 3.60. The number of hydrogen-bond acceptors (Lipinski definition) is 9. The molecule has 0 spiro atoms. The highest BCUT2D eigenvalue weighted by atomic mass is 16.2. The first-order valence-electron chi connectivity index (χ1n) is 11.5. The number of hydrazine groups is 2. The summed E-state index contributed by atoms with van der Waals surface area (Å²) >= 11 is 0. The van der Waals surface area contributed by atoms with Gasteiger partial charge in [0.2, 0.25) is 0 Å². The van der Waals surface area contributed by atoms with Crippen molar-refractivity contribution < 1.29 is 9.59 Å². The van der Waals surface area contributed by atoms with Crippen molar-refractivity contribution in [3.63, 3.8) is 0 Å². The van der Waals surface area contributed by atoms with Gasteiger partial charge in [0.05, 0.1) is 35.9 Å². The number of aliphatic imine (C=N–C) groups is 1. The molecule has 3 aromatic rings.